The monoisotopic (exact) mass is 265 g/mol. The van der Waals surface area contributed by atoms with Crippen molar-refractivity contribution in [2.45, 2.75) is 12.6 Å². The summed E-state index contributed by atoms with van der Waals surface area (Å²) >= 11 is 0.936. The van der Waals surface area contributed by atoms with Crippen LogP contribution in [0.15, 0.2) is 33.9 Å². The molecule has 7 heteroatoms. The van der Waals surface area contributed by atoms with Crippen molar-refractivity contribution in [3.8, 4) is 0 Å². The summed E-state index contributed by atoms with van der Waals surface area (Å²) in [4.78, 5) is 34.3. The van der Waals surface area contributed by atoms with Crippen LogP contribution in [-0.2, 0) is 11.3 Å². The van der Waals surface area contributed by atoms with E-state index in [1.165, 1.54) is 0 Å². The minimum Gasteiger partial charge on any atom is -0.368 e. The van der Waals surface area contributed by atoms with Gasteiger partial charge in [0.15, 0.2) is 0 Å². The second-order valence-electron chi connectivity index (χ2n) is 3.79. The topological polar surface area (TPSA) is 108 Å². The van der Waals surface area contributed by atoms with Crippen LogP contribution < -0.4 is 21.9 Å². The Balaban J connectivity index is 2.62. The van der Waals surface area contributed by atoms with Crippen molar-refractivity contribution in [3.05, 3.63) is 44.3 Å². The van der Waals surface area contributed by atoms with Crippen molar-refractivity contribution in [2.24, 2.45) is 11.5 Å². The van der Waals surface area contributed by atoms with Gasteiger partial charge < -0.3 is 11.5 Å². The van der Waals surface area contributed by atoms with Crippen LogP contribution in [0, 0.1) is 0 Å². The number of hydrogen-bond acceptors (Lipinski definition) is 5. The fourth-order valence-electron chi connectivity index (χ4n) is 1.55. The van der Waals surface area contributed by atoms with Gasteiger partial charge in [-0.3, -0.25) is 19.0 Å². The molecule has 4 N–H and O–H groups in total. The summed E-state index contributed by atoms with van der Waals surface area (Å²) in [5.74, 6) is -0.751. The third kappa shape index (κ3) is 2.18. The number of nitrogens with two attached hydrogens (primary N) is 2. The Morgan fingerprint density at radius 2 is 2.00 bits per heavy atom. The third-order valence-corrected chi connectivity index (χ3v) is 3.50. The molecule has 1 heterocycles. The molecule has 1 unspecified atom stereocenters. The molecule has 1 amide bonds. The zero-order valence-corrected chi connectivity index (χ0v) is 10.1. The molecular weight excluding hydrogens is 254 g/mol. The first-order valence-corrected chi connectivity index (χ1v) is 6.00. The van der Waals surface area contributed by atoms with Crippen LogP contribution in [0.1, 0.15) is 0 Å². The lowest BCUT2D eigenvalue weighted by atomic mass is 10.2. The Labute approximate surface area is 105 Å². The standard InChI is InChI=1S/C11H11N3O3S/c12-7(9(13)15)5-14-10(16)6-3-1-2-4-8(6)18-11(14)17/h1-4,7H,5,12H2,(H2,13,15). The normalized spacial score (nSPS) is 12.5. The van der Waals surface area contributed by atoms with E-state index >= 15 is 0 Å². The molecule has 0 spiro atoms. The summed E-state index contributed by atoms with van der Waals surface area (Å²) in [7, 11) is 0. The van der Waals surface area contributed by atoms with Gasteiger partial charge in [0.2, 0.25) is 5.91 Å². The lowest BCUT2D eigenvalue weighted by Gasteiger charge is -2.09. The molecule has 94 valence electrons. The fourth-order valence-corrected chi connectivity index (χ4v) is 2.42. The van der Waals surface area contributed by atoms with E-state index in [1.807, 2.05) is 0 Å². The Hall–Kier alpha value is -1.99. The van der Waals surface area contributed by atoms with E-state index in [-0.39, 0.29) is 6.54 Å². The molecule has 0 aliphatic rings. The molecule has 0 saturated heterocycles. The highest BCUT2D eigenvalue weighted by molar-refractivity contribution is 7.16. The van der Waals surface area contributed by atoms with Gasteiger partial charge in [-0.25, -0.2) is 0 Å². The van der Waals surface area contributed by atoms with Crippen LogP contribution in [0.5, 0.6) is 0 Å². The molecule has 6 nitrogen and oxygen atoms in total. The molecular formula is C11H11N3O3S. The van der Waals surface area contributed by atoms with Crippen molar-refractivity contribution < 1.29 is 4.79 Å². The maximum absolute atomic E-state index is 12.1. The summed E-state index contributed by atoms with van der Waals surface area (Å²) in [6.07, 6.45) is 0. The number of nitrogens with zero attached hydrogens (tertiary/aromatic N) is 1. The van der Waals surface area contributed by atoms with Gasteiger partial charge in [0.05, 0.1) is 11.9 Å². The van der Waals surface area contributed by atoms with Crippen molar-refractivity contribution >= 4 is 27.3 Å². The number of amides is 1. The summed E-state index contributed by atoms with van der Waals surface area (Å²) in [6.45, 7) is -0.200. The average Bonchev–Trinajstić information content (AvgIpc) is 2.34. The van der Waals surface area contributed by atoms with Crippen LogP contribution >= 0.6 is 11.3 Å². The summed E-state index contributed by atoms with van der Waals surface area (Å²) < 4.78 is 1.55. The van der Waals surface area contributed by atoms with Gasteiger partial charge in [-0.05, 0) is 12.1 Å². The highest BCUT2D eigenvalue weighted by atomic mass is 32.1. The van der Waals surface area contributed by atoms with Gasteiger partial charge >= 0.3 is 4.87 Å². The Kier molecular flexibility index (Phi) is 3.26. The van der Waals surface area contributed by atoms with Crippen molar-refractivity contribution in [3.63, 3.8) is 0 Å². The summed E-state index contributed by atoms with van der Waals surface area (Å²) in [5, 5.41) is 0.429. The minimum absolute atomic E-state index is 0.200. The van der Waals surface area contributed by atoms with E-state index in [2.05, 4.69) is 0 Å². The molecule has 0 radical (unpaired) electrons. The number of primary amides is 1. The highest BCUT2D eigenvalue weighted by Gasteiger charge is 2.14. The molecule has 0 bridgehead atoms. The highest BCUT2D eigenvalue weighted by Crippen LogP contribution is 2.10. The van der Waals surface area contributed by atoms with E-state index in [9.17, 15) is 14.4 Å². The molecule has 1 atom stereocenters. The predicted octanol–water partition coefficient (Wildman–Crippen LogP) is -0.764. The van der Waals surface area contributed by atoms with E-state index in [4.69, 9.17) is 11.5 Å². The number of fused-ring (bicyclic) bond motifs is 1. The van der Waals surface area contributed by atoms with Gasteiger partial charge in [0, 0.05) is 4.70 Å². The Bertz CT molecular complexity index is 719. The predicted molar refractivity (Wildman–Crippen MR) is 69.5 cm³/mol. The number of rotatable bonds is 3. The zero-order chi connectivity index (χ0) is 13.3. The number of hydrogen-bond donors (Lipinski definition) is 2. The van der Waals surface area contributed by atoms with E-state index in [0.29, 0.717) is 10.1 Å². The molecule has 18 heavy (non-hydrogen) atoms. The lowest BCUT2D eigenvalue weighted by molar-refractivity contribution is -0.119. The third-order valence-electron chi connectivity index (χ3n) is 2.52. The molecule has 1 aromatic heterocycles. The van der Waals surface area contributed by atoms with E-state index in [0.717, 1.165) is 15.9 Å². The van der Waals surface area contributed by atoms with Gasteiger partial charge in [-0.2, -0.15) is 0 Å². The van der Waals surface area contributed by atoms with Gasteiger partial charge in [-0.1, -0.05) is 23.5 Å². The van der Waals surface area contributed by atoms with Crippen LogP contribution in [0.4, 0.5) is 0 Å². The average molecular weight is 265 g/mol. The molecule has 0 saturated carbocycles. The fraction of sp³-hybridized carbons (Fsp3) is 0.182. The molecule has 1 aromatic carbocycles. The number of aromatic nitrogens is 1. The van der Waals surface area contributed by atoms with Crippen LogP contribution in [-0.4, -0.2) is 16.5 Å². The first-order chi connectivity index (χ1) is 8.50. The van der Waals surface area contributed by atoms with Crippen molar-refractivity contribution in [1.82, 2.24) is 4.57 Å². The van der Waals surface area contributed by atoms with Gasteiger partial charge in [0.25, 0.3) is 5.56 Å². The van der Waals surface area contributed by atoms with Crippen molar-refractivity contribution in [2.75, 3.05) is 0 Å². The maximum atomic E-state index is 12.1. The van der Waals surface area contributed by atoms with Gasteiger partial charge in [0.1, 0.15) is 6.04 Å². The van der Waals surface area contributed by atoms with Crippen molar-refractivity contribution in [1.29, 1.82) is 0 Å². The lowest BCUT2D eigenvalue weighted by Crippen LogP contribution is -2.45. The van der Waals surface area contributed by atoms with Crippen LogP contribution in [0.3, 0.4) is 0 Å². The first kappa shape index (κ1) is 12.5. The zero-order valence-electron chi connectivity index (χ0n) is 9.33. The first-order valence-electron chi connectivity index (χ1n) is 5.18. The SMILES string of the molecule is NC(=O)C(N)Cn1c(=O)sc2ccccc2c1=O. The summed E-state index contributed by atoms with van der Waals surface area (Å²) in [5.41, 5.74) is 10.0. The van der Waals surface area contributed by atoms with Gasteiger partial charge in [-0.15, -0.1) is 0 Å². The number of carbonyl (C=O) groups is 1. The molecule has 0 fully saturated rings. The smallest absolute Gasteiger partial charge is 0.310 e. The van der Waals surface area contributed by atoms with E-state index < -0.39 is 22.4 Å². The quantitative estimate of drug-likeness (QED) is 0.760. The Morgan fingerprint density at radius 3 is 2.67 bits per heavy atom. The second kappa shape index (κ2) is 4.71. The summed E-state index contributed by atoms with van der Waals surface area (Å²) in [6, 6.07) is 5.72. The molecule has 2 aromatic rings. The minimum atomic E-state index is -1.05. The maximum Gasteiger partial charge on any atom is 0.310 e. The molecule has 0 aliphatic heterocycles. The molecule has 2 rings (SSSR count). The Morgan fingerprint density at radius 1 is 1.33 bits per heavy atom. The largest absolute Gasteiger partial charge is 0.368 e. The second-order valence-corrected chi connectivity index (χ2v) is 4.78. The van der Waals surface area contributed by atoms with E-state index in [1.54, 1.807) is 24.3 Å². The number of carbonyl (C=O) groups excluding carboxylic acids is 1. The van der Waals surface area contributed by atoms with Crippen LogP contribution in [0.2, 0.25) is 0 Å². The number of benzene rings is 1. The molecule has 0 aliphatic carbocycles. The van der Waals surface area contributed by atoms with Crippen LogP contribution in [0.25, 0.3) is 10.1 Å².